The third-order valence-corrected chi connectivity index (χ3v) is 4.92. The second-order valence-corrected chi connectivity index (χ2v) is 7.11. The average Bonchev–Trinajstić information content (AvgIpc) is 2.75. The number of rotatable bonds is 6. The van der Waals surface area contributed by atoms with Crippen LogP contribution in [0, 0.1) is 0 Å². The number of amides is 2. The van der Waals surface area contributed by atoms with Gasteiger partial charge in [-0.3, -0.25) is 9.59 Å². The van der Waals surface area contributed by atoms with E-state index in [4.69, 9.17) is 9.47 Å². The molecule has 0 radical (unpaired) electrons. The Hall–Kier alpha value is -3.35. The molecule has 1 aliphatic heterocycles. The Morgan fingerprint density at radius 3 is 2.30 bits per heavy atom. The molecule has 0 bridgehead atoms. The lowest BCUT2D eigenvalue weighted by Gasteiger charge is -2.32. The average molecular weight is 410 g/mol. The molecule has 2 aromatic rings. The second-order valence-electron chi connectivity index (χ2n) is 7.11. The summed E-state index contributed by atoms with van der Waals surface area (Å²) in [4.78, 5) is 38.1. The molecule has 7 nitrogen and oxygen atoms in total. The summed E-state index contributed by atoms with van der Waals surface area (Å²) in [6, 6.07) is 16.1. The Labute approximate surface area is 176 Å². The van der Waals surface area contributed by atoms with E-state index in [9.17, 15) is 14.4 Å². The lowest BCUT2D eigenvalue weighted by atomic mass is 10.0. The van der Waals surface area contributed by atoms with Gasteiger partial charge in [-0.05, 0) is 49.6 Å². The smallest absolute Gasteiger partial charge is 0.434 e. The number of hydrogen-bond donors (Lipinski definition) is 1. The number of hydrogen-bond acceptors (Lipinski definition) is 5. The third kappa shape index (κ3) is 6.07. The fourth-order valence-electron chi connectivity index (χ4n) is 3.38. The first kappa shape index (κ1) is 21.4. The van der Waals surface area contributed by atoms with Crippen LogP contribution in [-0.2, 0) is 16.0 Å². The van der Waals surface area contributed by atoms with Crippen LogP contribution in [0.25, 0.3) is 0 Å². The highest BCUT2D eigenvalue weighted by molar-refractivity contribution is 5.94. The van der Waals surface area contributed by atoms with Gasteiger partial charge < -0.3 is 19.7 Å². The van der Waals surface area contributed by atoms with Crippen LogP contribution >= 0.6 is 0 Å². The zero-order chi connectivity index (χ0) is 21.3. The Kier molecular flexibility index (Phi) is 7.43. The number of nitrogens with one attached hydrogen (secondary N) is 1. The van der Waals surface area contributed by atoms with Crippen LogP contribution in [0.3, 0.4) is 0 Å². The summed E-state index contributed by atoms with van der Waals surface area (Å²) in [5.74, 6) is 0.250. The maximum atomic E-state index is 12.7. The minimum atomic E-state index is -0.770. The first-order valence-corrected chi connectivity index (χ1v) is 10.1. The lowest BCUT2D eigenvalue weighted by molar-refractivity contribution is -0.121. The number of nitrogens with zero attached hydrogens (tertiary/aromatic N) is 1. The van der Waals surface area contributed by atoms with E-state index in [2.05, 4.69) is 5.32 Å². The number of piperidine rings is 1. The van der Waals surface area contributed by atoms with Crippen molar-refractivity contribution in [2.45, 2.75) is 32.2 Å². The van der Waals surface area contributed by atoms with Crippen LogP contribution in [0.4, 0.5) is 4.79 Å². The standard InChI is InChI=1S/C23H26N2O5/c1-2-29-23(28)30-20-10-8-18(9-11-20)22(27)25-14-12-19(13-15-25)24-21(26)16-17-6-4-3-5-7-17/h3-11,19H,2,12-16H2,1H3,(H,24,26). The molecule has 0 unspecified atom stereocenters. The van der Waals surface area contributed by atoms with E-state index in [0.29, 0.717) is 30.8 Å². The molecule has 0 saturated carbocycles. The predicted molar refractivity (Wildman–Crippen MR) is 111 cm³/mol. The van der Waals surface area contributed by atoms with Crippen molar-refractivity contribution in [1.29, 1.82) is 0 Å². The monoisotopic (exact) mass is 410 g/mol. The summed E-state index contributed by atoms with van der Waals surface area (Å²) in [5, 5.41) is 3.07. The fraction of sp³-hybridized carbons (Fsp3) is 0.348. The molecule has 1 N–H and O–H groups in total. The molecule has 1 aliphatic rings. The maximum absolute atomic E-state index is 12.7. The first-order valence-electron chi connectivity index (χ1n) is 10.1. The van der Waals surface area contributed by atoms with E-state index >= 15 is 0 Å². The number of carbonyl (C=O) groups excluding carboxylic acids is 3. The van der Waals surface area contributed by atoms with Gasteiger partial charge in [-0.15, -0.1) is 0 Å². The van der Waals surface area contributed by atoms with Crippen molar-refractivity contribution in [3.05, 3.63) is 65.7 Å². The topological polar surface area (TPSA) is 84.9 Å². The van der Waals surface area contributed by atoms with Crippen molar-refractivity contribution < 1.29 is 23.9 Å². The van der Waals surface area contributed by atoms with E-state index in [1.807, 2.05) is 30.3 Å². The van der Waals surface area contributed by atoms with Crippen LogP contribution in [0.1, 0.15) is 35.7 Å². The normalized spacial score (nSPS) is 14.1. The molecular formula is C23H26N2O5. The van der Waals surface area contributed by atoms with E-state index in [1.165, 1.54) is 0 Å². The third-order valence-electron chi connectivity index (χ3n) is 4.92. The van der Waals surface area contributed by atoms with Crippen molar-refractivity contribution >= 4 is 18.0 Å². The van der Waals surface area contributed by atoms with E-state index in [1.54, 1.807) is 36.1 Å². The summed E-state index contributed by atoms with van der Waals surface area (Å²) in [6.07, 6.45) is 1.03. The van der Waals surface area contributed by atoms with Crippen molar-refractivity contribution in [2.24, 2.45) is 0 Å². The summed E-state index contributed by atoms with van der Waals surface area (Å²) < 4.78 is 9.73. The van der Waals surface area contributed by atoms with Crippen molar-refractivity contribution in [3.8, 4) is 5.75 Å². The highest BCUT2D eigenvalue weighted by atomic mass is 16.7. The van der Waals surface area contributed by atoms with Gasteiger partial charge in [0.05, 0.1) is 13.0 Å². The molecule has 158 valence electrons. The van der Waals surface area contributed by atoms with E-state index in [0.717, 1.165) is 18.4 Å². The molecule has 0 spiro atoms. The van der Waals surface area contributed by atoms with Gasteiger partial charge in [0.25, 0.3) is 5.91 Å². The Bertz CT molecular complexity index is 859. The van der Waals surface area contributed by atoms with Crippen molar-refractivity contribution in [3.63, 3.8) is 0 Å². The van der Waals surface area contributed by atoms with Crippen LogP contribution in [0.2, 0.25) is 0 Å². The minimum absolute atomic E-state index is 0.00293. The molecule has 30 heavy (non-hydrogen) atoms. The van der Waals surface area contributed by atoms with E-state index < -0.39 is 6.16 Å². The van der Waals surface area contributed by atoms with Gasteiger partial charge in [-0.2, -0.15) is 0 Å². The Balaban J connectivity index is 1.45. The molecule has 1 saturated heterocycles. The first-order chi connectivity index (χ1) is 14.5. The molecular weight excluding hydrogens is 384 g/mol. The summed E-state index contributed by atoms with van der Waals surface area (Å²) in [5.41, 5.74) is 1.51. The van der Waals surface area contributed by atoms with Gasteiger partial charge in [-0.1, -0.05) is 30.3 Å². The predicted octanol–water partition coefficient (Wildman–Crippen LogP) is 3.19. The van der Waals surface area contributed by atoms with Gasteiger partial charge in [-0.25, -0.2) is 4.79 Å². The van der Waals surface area contributed by atoms with Crippen LogP contribution in [0.5, 0.6) is 5.75 Å². The van der Waals surface area contributed by atoms with Gasteiger partial charge >= 0.3 is 6.16 Å². The fourth-order valence-corrected chi connectivity index (χ4v) is 3.38. The zero-order valence-electron chi connectivity index (χ0n) is 17.0. The SMILES string of the molecule is CCOC(=O)Oc1ccc(C(=O)N2CCC(NC(=O)Cc3ccccc3)CC2)cc1. The summed E-state index contributed by atoms with van der Waals surface area (Å²) >= 11 is 0. The van der Waals surface area contributed by atoms with Crippen LogP contribution in [0.15, 0.2) is 54.6 Å². The quantitative estimate of drug-likeness (QED) is 0.584. The van der Waals surface area contributed by atoms with Gasteiger partial charge in [0, 0.05) is 24.7 Å². The number of likely N-dealkylation sites (tertiary alicyclic amines) is 1. The van der Waals surface area contributed by atoms with Gasteiger partial charge in [0.2, 0.25) is 5.91 Å². The highest BCUT2D eigenvalue weighted by Crippen LogP contribution is 2.17. The van der Waals surface area contributed by atoms with Crippen molar-refractivity contribution in [2.75, 3.05) is 19.7 Å². The molecule has 3 rings (SSSR count). The van der Waals surface area contributed by atoms with Crippen LogP contribution < -0.4 is 10.1 Å². The van der Waals surface area contributed by atoms with E-state index in [-0.39, 0.29) is 24.5 Å². The molecule has 0 aliphatic carbocycles. The minimum Gasteiger partial charge on any atom is -0.434 e. The van der Waals surface area contributed by atoms with Gasteiger partial charge in [0.15, 0.2) is 0 Å². The summed E-state index contributed by atoms with van der Waals surface area (Å²) in [7, 11) is 0. The van der Waals surface area contributed by atoms with Crippen molar-refractivity contribution in [1.82, 2.24) is 10.2 Å². The van der Waals surface area contributed by atoms with Crippen LogP contribution in [-0.4, -0.2) is 48.6 Å². The number of ether oxygens (including phenoxy) is 2. The molecule has 0 aromatic heterocycles. The highest BCUT2D eigenvalue weighted by Gasteiger charge is 2.24. The molecule has 1 heterocycles. The molecule has 1 fully saturated rings. The zero-order valence-corrected chi connectivity index (χ0v) is 17.0. The summed E-state index contributed by atoms with van der Waals surface area (Å²) in [6.45, 7) is 3.09. The number of benzene rings is 2. The Morgan fingerprint density at radius 1 is 1.00 bits per heavy atom. The Morgan fingerprint density at radius 2 is 1.67 bits per heavy atom. The molecule has 7 heteroatoms. The molecule has 2 aromatic carbocycles. The maximum Gasteiger partial charge on any atom is 0.513 e. The largest absolute Gasteiger partial charge is 0.513 e. The lowest BCUT2D eigenvalue weighted by Crippen LogP contribution is -2.46. The molecule has 0 atom stereocenters. The second kappa shape index (κ2) is 10.4. The van der Waals surface area contributed by atoms with Gasteiger partial charge in [0.1, 0.15) is 5.75 Å². The molecule has 2 amide bonds. The number of carbonyl (C=O) groups is 3.